The van der Waals surface area contributed by atoms with Crippen molar-refractivity contribution >= 4 is 39.3 Å². The molecular formula is C19H23N3O3S. The maximum absolute atomic E-state index is 12.3. The Morgan fingerprint density at radius 2 is 1.92 bits per heavy atom. The number of aryl methyl sites for hydroxylation is 1. The van der Waals surface area contributed by atoms with Crippen LogP contribution in [-0.4, -0.2) is 33.7 Å². The van der Waals surface area contributed by atoms with Crippen molar-refractivity contribution in [2.45, 2.75) is 52.5 Å². The molecule has 1 fully saturated rings. The van der Waals surface area contributed by atoms with Crippen molar-refractivity contribution in [2.75, 3.05) is 6.54 Å². The highest BCUT2D eigenvalue weighted by Gasteiger charge is 2.30. The Hall–Kier alpha value is -2.28. The number of hydrogen-bond donors (Lipinski definition) is 0. The van der Waals surface area contributed by atoms with Gasteiger partial charge in [0.05, 0.1) is 10.2 Å². The molecule has 1 aliphatic heterocycles. The molecule has 6 nitrogen and oxygen atoms in total. The summed E-state index contributed by atoms with van der Waals surface area (Å²) >= 11 is 1.47. The molecule has 0 bridgehead atoms. The molecule has 0 N–H and O–H groups in total. The van der Waals surface area contributed by atoms with Crippen molar-refractivity contribution in [2.24, 2.45) is 4.99 Å². The van der Waals surface area contributed by atoms with Crippen LogP contribution in [0.2, 0.25) is 0 Å². The Bertz CT molecular complexity index is 923. The number of likely N-dealkylation sites (tertiary alicyclic amines) is 1. The van der Waals surface area contributed by atoms with E-state index in [0.29, 0.717) is 10.7 Å². The van der Waals surface area contributed by atoms with Gasteiger partial charge in [-0.25, -0.2) is 0 Å². The van der Waals surface area contributed by atoms with Gasteiger partial charge in [-0.2, -0.15) is 4.99 Å². The van der Waals surface area contributed by atoms with Crippen LogP contribution in [0.5, 0.6) is 0 Å². The maximum atomic E-state index is 12.3. The van der Waals surface area contributed by atoms with Crippen LogP contribution in [0, 0.1) is 0 Å². The van der Waals surface area contributed by atoms with Crippen molar-refractivity contribution in [3.05, 3.63) is 28.6 Å². The number of imide groups is 1. The van der Waals surface area contributed by atoms with Gasteiger partial charge in [-0.05, 0) is 30.0 Å². The average molecular weight is 373 g/mol. The molecule has 1 aromatic carbocycles. The minimum atomic E-state index is -0.464. The zero-order valence-corrected chi connectivity index (χ0v) is 16.1. The van der Waals surface area contributed by atoms with E-state index in [4.69, 9.17) is 0 Å². The summed E-state index contributed by atoms with van der Waals surface area (Å²) in [5.41, 5.74) is 2.30. The zero-order valence-electron chi connectivity index (χ0n) is 15.3. The van der Waals surface area contributed by atoms with Crippen molar-refractivity contribution in [1.29, 1.82) is 0 Å². The second-order valence-electron chi connectivity index (χ2n) is 6.80. The van der Waals surface area contributed by atoms with Gasteiger partial charge >= 0.3 is 0 Å². The highest BCUT2D eigenvalue weighted by molar-refractivity contribution is 7.16. The molecule has 0 radical (unpaired) electrons. The molecule has 7 heteroatoms. The number of fused-ring (bicyclic) bond motifs is 1. The number of rotatable bonds is 5. The van der Waals surface area contributed by atoms with Gasteiger partial charge in [0, 0.05) is 19.4 Å². The molecule has 26 heavy (non-hydrogen) atoms. The van der Waals surface area contributed by atoms with Crippen molar-refractivity contribution in [3.63, 3.8) is 0 Å². The molecule has 0 aliphatic carbocycles. The smallest absolute Gasteiger partial charge is 0.268 e. The lowest BCUT2D eigenvalue weighted by atomic mass is 10.0. The number of thiazole rings is 1. The normalized spacial score (nSPS) is 15.7. The largest absolute Gasteiger partial charge is 0.316 e. The fourth-order valence-electron chi connectivity index (χ4n) is 3.05. The number of aromatic nitrogens is 1. The fourth-order valence-corrected chi connectivity index (χ4v) is 4.17. The van der Waals surface area contributed by atoms with Crippen molar-refractivity contribution in [1.82, 2.24) is 9.47 Å². The van der Waals surface area contributed by atoms with E-state index in [1.54, 1.807) is 0 Å². The molecule has 0 saturated carbocycles. The first-order valence-corrected chi connectivity index (χ1v) is 9.76. The summed E-state index contributed by atoms with van der Waals surface area (Å²) in [5, 5.41) is 0. The molecular weight excluding hydrogens is 350 g/mol. The number of benzene rings is 1. The van der Waals surface area contributed by atoms with E-state index in [0.717, 1.165) is 28.1 Å². The van der Waals surface area contributed by atoms with Crippen LogP contribution in [0.1, 0.15) is 51.5 Å². The minimum absolute atomic E-state index is 0.183. The fraction of sp³-hybridized carbons (Fsp3) is 0.474. The Morgan fingerprint density at radius 1 is 1.23 bits per heavy atom. The number of hydrogen-bond acceptors (Lipinski definition) is 4. The van der Waals surface area contributed by atoms with Gasteiger partial charge < -0.3 is 4.57 Å². The molecule has 3 rings (SSSR count). The predicted octanol–water partition coefficient (Wildman–Crippen LogP) is 2.81. The molecule has 138 valence electrons. The molecule has 0 spiro atoms. The maximum Gasteiger partial charge on any atom is 0.268 e. The highest BCUT2D eigenvalue weighted by atomic mass is 32.1. The third-order valence-corrected chi connectivity index (χ3v) is 5.53. The quantitative estimate of drug-likeness (QED) is 0.757. The Morgan fingerprint density at radius 3 is 2.54 bits per heavy atom. The Labute approximate surface area is 156 Å². The topological polar surface area (TPSA) is 71.7 Å². The molecule has 0 unspecified atom stereocenters. The van der Waals surface area contributed by atoms with Gasteiger partial charge in [-0.3, -0.25) is 19.3 Å². The lowest BCUT2D eigenvalue weighted by Gasteiger charge is -2.10. The molecule has 2 heterocycles. The minimum Gasteiger partial charge on any atom is -0.316 e. The molecule has 0 atom stereocenters. The van der Waals surface area contributed by atoms with E-state index in [1.165, 1.54) is 16.9 Å². The first kappa shape index (κ1) is 18.5. The van der Waals surface area contributed by atoms with E-state index in [9.17, 15) is 14.4 Å². The van der Waals surface area contributed by atoms with Crippen LogP contribution in [0.15, 0.2) is 23.2 Å². The van der Waals surface area contributed by atoms with Crippen LogP contribution < -0.4 is 4.80 Å². The number of carbonyl (C=O) groups excluding carboxylic acids is 3. The summed E-state index contributed by atoms with van der Waals surface area (Å²) in [6.07, 6.45) is 1.29. The molecule has 3 amide bonds. The van der Waals surface area contributed by atoms with E-state index in [2.05, 4.69) is 44.0 Å². The van der Waals surface area contributed by atoms with E-state index in [-0.39, 0.29) is 31.2 Å². The number of amides is 3. The van der Waals surface area contributed by atoms with Crippen molar-refractivity contribution < 1.29 is 14.4 Å². The van der Waals surface area contributed by atoms with Crippen LogP contribution in [0.25, 0.3) is 10.2 Å². The average Bonchev–Trinajstić information content (AvgIpc) is 3.09. The molecule has 2 aromatic rings. The first-order chi connectivity index (χ1) is 12.4. The molecule has 1 saturated heterocycles. The second kappa shape index (κ2) is 7.53. The summed E-state index contributed by atoms with van der Waals surface area (Å²) in [6, 6.07) is 6.33. The summed E-state index contributed by atoms with van der Waals surface area (Å²) in [6.45, 7) is 6.86. The highest BCUT2D eigenvalue weighted by Crippen LogP contribution is 2.23. The van der Waals surface area contributed by atoms with Gasteiger partial charge in [-0.1, -0.05) is 38.2 Å². The van der Waals surface area contributed by atoms with Gasteiger partial charge in [0.1, 0.15) is 6.54 Å². The van der Waals surface area contributed by atoms with Crippen molar-refractivity contribution in [3.8, 4) is 0 Å². The predicted molar refractivity (Wildman–Crippen MR) is 101 cm³/mol. The van der Waals surface area contributed by atoms with Gasteiger partial charge in [-0.15, -0.1) is 0 Å². The number of nitrogens with zero attached hydrogens (tertiary/aromatic N) is 3. The van der Waals surface area contributed by atoms with E-state index >= 15 is 0 Å². The van der Waals surface area contributed by atoms with E-state index < -0.39 is 5.91 Å². The van der Waals surface area contributed by atoms with Crippen LogP contribution >= 0.6 is 11.3 Å². The third-order valence-electron chi connectivity index (χ3n) is 4.49. The summed E-state index contributed by atoms with van der Waals surface area (Å²) < 4.78 is 3.12. The van der Waals surface area contributed by atoms with E-state index in [1.807, 2.05) is 4.57 Å². The van der Waals surface area contributed by atoms with Crippen LogP contribution in [0.3, 0.4) is 0 Å². The summed E-state index contributed by atoms with van der Waals surface area (Å²) in [4.78, 5) is 41.6. The molecule has 1 aromatic heterocycles. The van der Waals surface area contributed by atoms with Gasteiger partial charge in [0.15, 0.2) is 4.80 Å². The van der Waals surface area contributed by atoms with Crippen LogP contribution in [0.4, 0.5) is 0 Å². The lowest BCUT2D eigenvalue weighted by Crippen LogP contribution is -2.34. The SMILES string of the molecule is CCCn1c(=NC(=O)CN2C(=O)CCC2=O)sc2cc(C(C)C)ccc21. The van der Waals surface area contributed by atoms with Gasteiger partial charge in [0.2, 0.25) is 11.8 Å². The van der Waals surface area contributed by atoms with Crippen LogP contribution in [-0.2, 0) is 20.9 Å². The number of carbonyl (C=O) groups is 3. The summed E-state index contributed by atoms with van der Waals surface area (Å²) in [7, 11) is 0. The lowest BCUT2D eigenvalue weighted by molar-refractivity contribution is -0.141. The second-order valence-corrected chi connectivity index (χ2v) is 7.81. The van der Waals surface area contributed by atoms with Gasteiger partial charge in [0.25, 0.3) is 5.91 Å². The zero-order chi connectivity index (χ0) is 18.8. The monoisotopic (exact) mass is 373 g/mol. The Balaban J connectivity index is 1.98. The third kappa shape index (κ3) is 3.62. The Kier molecular flexibility index (Phi) is 5.36. The summed E-state index contributed by atoms with van der Waals surface area (Å²) in [5.74, 6) is -0.625. The standard InChI is InChI=1S/C19H23N3O3S/c1-4-9-21-14-6-5-13(12(2)3)10-15(14)26-19(21)20-16(23)11-22-17(24)7-8-18(22)25/h5-6,10,12H,4,7-9,11H2,1-3H3. The first-order valence-electron chi connectivity index (χ1n) is 8.94. The molecule has 1 aliphatic rings.